The summed E-state index contributed by atoms with van der Waals surface area (Å²) >= 11 is 5.51. The smallest absolute Gasteiger partial charge is 0.171 e. The van der Waals surface area contributed by atoms with Gasteiger partial charge in [-0.3, -0.25) is 14.4 Å². The van der Waals surface area contributed by atoms with Gasteiger partial charge in [-0.15, -0.1) is 11.8 Å². The number of carbonyl (C=O) groups excluding carboxylic acids is 3. The third kappa shape index (κ3) is 7.83. The van der Waals surface area contributed by atoms with Crippen LogP contribution < -0.4 is 0 Å². The Balaban J connectivity index is 0.000000422. The molecule has 0 amide bonds. The van der Waals surface area contributed by atoms with Crippen molar-refractivity contribution in [3.05, 3.63) is 0 Å². The second-order valence-corrected chi connectivity index (χ2v) is 7.77. The van der Waals surface area contributed by atoms with Crippen molar-refractivity contribution < 1.29 is 24.2 Å². The molecule has 0 aromatic rings. The highest BCUT2D eigenvalue weighted by molar-refractivity contribution is 8.01. The van der Waals surface area contributed by atoms with Crippen LogP contribution in [0.5, 0.6) is 0 Å². The van der Waals surface area contributed by atoms with E-state index in [4.69, 9.17) is 4.74 Å². The van der Waals surface area contributed by atoms with E-state index >= 15 is 0 Å². The van der Waals surface area contributed by atoms with E-state index in [9.17, 15) is 19.5 Å². The minimum absolute atomic E-state index is 0.119. The molecule has 1 N–H and O–H groups in total. The molecular weight excluding hydrogens is 336 g/mol. The van der Waals surface area contributed by atoms with Crippen molar-refractivity contribution in [2.45, 2.75) is 64.6 Å². The van der Waals surface area contributed by atoms with Crippen LogP contribution in [-0.2, 0) is 19.1 Å². The summed E-state index contributed by atoms with van der Waals surface area (Å²) in [5.74, 6) is 0.190. The minimum atomic E-state index is -0.877. The van der Waals surface area contributed by atoms with Gasteiger partial charge in [-0.2, -0.15) is 12.6 Å². The van der Waals surface area contributed by atoms with Crippen LogP contribution >= 0.6 is 24.4 Å². The van der Waals surface area contributed by atoms with E-state index in [1.165, 1.54) is 13.8 Å². The first-order valence-electron chi connectivity index (χ1n) is 7.67. The van der Waals surface area contributed by atoms with Crippen molar-refractivity contribution >= 4 is 41.7 Å². The number of thiol groups is 1. The van der Waals surface area contributed by atoms with Crippen molar-refractivity contribution in [2.24, 2.45) is 5.92 Å². The molecule has 0 bridgehead atoms. The summed E-state index contributed by atoms with van der Waals surface area (Å²) < 4.78 is 5.55. The summed E-state index contributed by atoms with van der Waals surface area (Å²) in [6, 6.07) is 0. The molecule has 3 unspecified atom stereocenters. The molecule has 0 aliphatic carbocycles. The SMILES string of the molecule is CC(=O)C(C(C)=O)C(O)CCS.CC(=O)C1(C)OC(C)CCS1. The number of hydrogen-bond acceptors (Lipinski definition) is 7. The molecule has 1 heterocycles. The first kappa shape index (κ1) is 22.6. The quantitative estimate of drug-likeness (QED) is 0.556. The molecule has 0 saturated carbocycles. The van der Waals surface area contributed by atoms with Gasteiger partial charge in [0.05, 0.1) is 12.2 Å². The van der Waals surface area contributed by atoms with Crippen LogP contribution in [0.1, 0.15) is 47.5 Å². The molecule has 23 heavy (non-hydrogen) atoms. The van der Waals surface area contributed by atoms with Crippen molar-refractivity contribution in [1.29, 1.82) is 0 Å². The second kappa shape index (κ2) is 10.5. The molecule has 1 rings (SSSR count). The van der Waals surface area contributed by atoms with Crippen LogP contribution in [0.3, 0.4) is 0 Å². The van der Waals surface area contributed by atoms with Gasteiger partial charge in [0.25, 0.3) is 0 Å². The van der Waals surface area contributed by atoms with Gasteiger partial charge in [0.2, 0.25) is 0 Å². The van der Waals surface area contributed by atoms with Crippen molar-refractivity contribution in [3.63, 3.8) is 0 Å². The average Bonchev–Trinajstić information content (AvgIpc) is 2.38. The summed E-state index contributed by atoms with van der Waals surface area (Å²) in [5.41, 5.74) is 0. The van der Waals surface area contributed by atoms with Crippen LogP contribution in [0.15, 0.2) is 0 Å². The zero-order valence-corrected chi connectivity index (χ0v) is 16.2. The maximum absolute atomic E-state index is 11.1. The average molecular weight is 365 g/mol. The van der Waals surface area contributed by atoms with Gasteiger partial charge in [0.15, 0.2) is 10.7 Å². The van der Waals surface area contributed by atoms with E-state index in [0.717, 1.165) is 12.2 Å². The Bertz CT molecular complexity index is 413. The van der Waals surface area contributed by atoms with Gasteiger partial charge in [-0.05, 0) is 59.0 Å². The van der Waals surface area contributed by atoms with Crippen LogP contribution in [0.4, 0.5) is 0 Å². The third-order valence-electron chi connectivity index (χ3n) is 3.65. The fourth-order valence-electron chi connectivity index (χ4n) is 2.21. The molecule has 7 heteroatoms. The number of aliphatic hydroxyl groups excluding tert-OH is 1. The fraction of sp³-hybridized carbons (Fsp3) is 0.812. The van der Waals surface area contributed by atoms with Gasteiger partial charge in [-0.25, -0.2) is 0 Å². The van der Waals surface area contributed by atoms with Crippen molar-refractivity contribution in [2.75, 3.05) is 11.5 Å². The van der Waals surface area contributed by atoms with E-state index in [1.807, 2.05) is 13.8 Å². The third-order valence-corrected chi connectivity index (χ3v) is 5.29. The summed E-state index contributed by atoms with van der Waals surface area (Å²) in [7, 11) is 0. The van der Waals surface area contributed by atoms with E-state index in [-0.39, 0.29) is 23.5 Å². The van der Waals surface area contributed by atoms with Crippen LogP contribution in [0.2, 0.25) is 0 Å². The zero-order chi connectivity index (χ0) is 18.2. The van der Waals surface area contributed by atoms with E-state index < -0.39 is 17.0 Å². The van der Waals surface area contributed by atoms with E-state index in [0.29, 0.717) is 12.2 Å². The Morgan fingerprint density at radius 1 is 1.30 bits per heavy atom. The first-order chi connectivity index (χ1) is 10.5. The molecule has 0 aromatic carbocycles. The lowest BCUT2D eigenvalue weighted by molar-refractivity contribution is -0.135. The lowest BCUT2D eigenvalue weighted by Gasteiger charge is -2.34. The molecule has 1 fully saturated rings. The Hall–Kier alpha value is -0.370. The molecule has 0 spiro atoms. The Labute approximate surface area is 148 Å². The van der Waals surface area contributed by atoms with Gasteiger partial charge in [-0.1, -0.05) is 0 Å². The minimum Gasteiger partial charge on any atom is -0.392 e. The van der Waals surface area contributed by atoms with Crippen LogP contribution in [0, 0.1) is 5.92 Å². The maximum atomic E-state index is 11.1. The number of carbonyl (C=O) groups is 3. The lowest BCUT2D eigenvalue weighted by Crippen LogP contribution is -2.40. The normalized spacial score (nSPS) is 25.3. The standard InChI is InChI=1S/C8H14O3S.C8H14O2S/c1-5(9)8(6(2)10)7(11)3-4-12;1-6-4-5-11-8(3,10-6)7(2)9/h7-8,11-12H,3-4H2,1-2H3;6H,4-5H2,1-3H3. The zero-order valence-electron chi connectivity index (χ0n) is 14.5. The summed E-state index contributed by atoms with van der Waals surface area (Å²) in [6.07, 6.45) is 0.767. The number of ketones is 3. The molecule has 1 saturated heterocycles. The van der Waals surface area contributed by atoms with Crippen LogP contribution in [-0.4, -0.2) is 51.1 Å². The highest BCUT2D eigenvalue weighted by atomic mass is 32.2. The molecule has 0 radical (unpaired) electrons. The number of rotatable bonds is 6. The summed E-state index contributed by atoms with van der Waals surface area (Å²) in [5, 5.41) is 9.36. The number of ether oxygens (including phenoxy) is 1. The highest BCUT2D eigenvalue weighted by Gasteiger charge is 2.36. The van der Waals surface area contributed by atoms with Gasteiger partial charge in [0, 0.05) is 0 Å². The topological polar surface area (TPSA) is 80.7 Å². The number of aliphatic hydroxyl groups is 1. The lowest BCUT2D eigenvalue weighted by atomic mass is 9.93. The number of Topliss-reactive ketones (excluding diaryl/α,β-unsaturated/α-hetero) is 3. The fourth-order valence-corrected chi connectivity index (χ4v) is 3.75. The predicted octanol–water partition coefficient (Wildman–Crippen LogP) is 2.29. The summed E-state index contributed by atoms with van der Waals surface area (Å²) in [4.78, 5) is 32.3. The molecule has 1 aliphatic heterocycles. The number of hydrogen-bond donors (Lipinski definition) is 2. The maximum Gasteiger partial charge on any atom is 0.171 e. The first-order valence-corrected chi connectivity index (χ1v) is 9.29. The van der Waals surface area contributed by atoms with Crippen molar-refractivity contribution in [3.8, 4) is 0 Å². The van der Waals surface area contributed by atoms with Crippen molar-refractivity contribution in [1.82, 2.24) is 0 Å². The largest absolute Gasteiger partial charge is 0.392 e. The van der Waals surface area contributed by atoms with Gasteiger partial charge in [0.1, 0.15) is 17.5 Å². The summed E-state index contributed by atoms with van der Waals surface area (Å²) in [6.45, 7) is 8.09. The Kier molecular flexibility index (Phi) is 10.3. The van der Waals surface area contributed by atoms with Gasteiger partial charge >= 0.3 is 0 Å². The molecule has 134 valence electrons. The van der Waals surface area contributed by atoms with Crippen LogP contribution in [0.25, 0.3) is 0 Å². The number of thioether (sulfide) groups is 1. The second-order valence-electron chi connectivity index (χ2n) is 5.85. The Morgan fingerprint density at radius 2 is 1.83 bits per heavy atom. The van der Waals surface area contributed by atoms with E-state index in [2.05, 4.69) is 12.6 Å². The molecule has 1 aliphatic rings. The highest BCUT2D eigenvalue weighted by Crippen LogP contribution is 2.34. The molecular formula is C16H28O5S2. The molecule has 5 nitrogen and oxygen atoms in total. The monoisotopic (exact) mass is 364 g/mol. The molecule has 0 aromatic heterocycles. The molecule has 3 atom stereocenters. The predicted molar refractivity (Wildman–Crippen MR) is 96.0 cm³/mol. The van der Waals surface area contributed by atoms with E-state index in [1.54, 1.807) is 18.7 Å². The van der Waals surface area contributed by atoms with Gasteiger partial charge < -0.3 is 9.84 Å². The Morgan fingerprint density at radius 3 is 2.13 bits per heavy atom.